The third-order valence-electron chi connectivity index (χ3n) is 2.36. The maximum Gasteiger partial charge on any atom is 0.225 e. The number of halogens is 2. The second-order valence-corrected chi connectivity index (χ2v) is 4.30. The van der Waals surface area contributed by atoms with Gasteiger partial charge in [-0.15, -0.1) is 24.8 Å². The van der Waals surface area contributed by atoms with Crippen LogP contribution < -0.4 is 11.1 Å². The summed E-state index contributed by atoms with van der Waals surface area (Å²) < 4.78 is 1.89. The van der Waals surface area contributed by atoms with Gasteiger partial charge in [0.25, 0.3) is 0 Å². The molecule has 5 nitrogen and oxygen atoms in total. The molecule has 0 aromatic carbocycles. The molecule has 2 heterocycles. The Bertz CT molecular complexity index is 554. The fraction of sp³-hybridized carbons (Fsp3) is 0.333. The van der Waals surface area contributed by atoms with Crippen molar-refractivity contribution in [1.82, 2.24) is 9.38 Å². The summed E-state index contributed by atoms with van der Waals surface area (Å²) in [4.78, 5) is 15.9. The molecule has 106 valence electrons. The molecule has 1 amide bonds. The highest BCUT2D eigenvalue weighted by Crippen LogP contribution is 2.11. The number of pyridine rings is 1. The van der Waals surface area contributed by atoms with Gasteiger partial charge in [-0.05, 0) is 26.0 Å². The van der Waals surface area contributed by atoms with Crippen molar-refractivity contribution in [2.24, 2.45) is 5.73 Å². The van der Waals surface area contributed by atoms with E-state index >= 15 is 0 Å². The van der Waals surface area contributed by atoms with E-state index in [-0.39, 0.29) is 36.8 Å². The summed E-state index contributed by atoms with van der Waals surface area (Å²) in [5.74, 6) is -0.0730. The van der Waals surface area contributed by atoms with Crippen LogP contribution >= 0.6 is 24.8 Å². The first-order valence-electron chi connectivity index (χ1n) is 5.55. The Morgan fingerprint density at radius 2 is 2.11 bits per heavy atom. The molecule has 2 rings (SSSR count). The Morgan fingerprint density at radius 1 is 1.42 bits per heavy atom. The first-order valence-corrected chi connectivity index (χ1v) is 5.55. The molecular weight excluding hydrogens is 287 g/mol. The van der Waals surface area contributed by atoms with Gasteiger partial charge in [-0.3, -0.25) is 4.79 Å². The van der Waals surface area contributed by atoms with Gasteiger partial charge in [-0.1, -0.05) is 0 Å². The SMILES string of the molecule is Cc1cn2cc(NC(=O)CC(C)N)ccc2n1.Cl.Cl. The summed E-state index contributed by atoms with van der Waals surface area (Å²) in [6.07, 6.45) is 4.08. The summed E-state index contributed by atoms with van der Waals surface area (Å²) in [6.45, 7) is 3.74. The molecule has 0 bridgehead atoms. The van der Waals surface area contributed by atoms with Crippen LogP contribution in [0.4, 0.5) is 5.69 Å². The molecule has 0 saturated carbocycles. The van der Waals surface area contributed by atoms with E-state index in [4.69, 9.17) is 5.73 Å². The number of aryl methyl sites for hydroxylation is 1. The molecule has 0 aliphatic carbocycles. The van der Waals surface area contributed by atoms with Gasteiger partial charge in [-0.2, -0.15) is 0 Å². The molecule has 1 unspecified atom stereocenters. The maximum absolute atomic E-state index is 11.5. The number of imidazole rings is 1. The number of aromatic nitrogens is 2. The normalized spacial score (nSPS) is 11.3. The maximum atomic E-state index is 11.5. The molecule has 2 aromatic heterocycles. The summed E-state index contributed by atoms with van der Waals surface area (Å²) in [6, 6.07) is 3.57. The predicted octanol–water partition coefficient (Wildman–Crippen LogP) is 2.16. The Balaban J connectivity index is 0.00000162. The molecule has 0 fully saturated rings. The number of nitrogens with zero attached hydrogens (tertiary/aromatic N) is 2. The summed E-state index contributed by atoms with van der Waals surface area (Å²) in [7, 11) is 0. The molecule has 3 N–H and O–H groups in total. The van der Waals surface area contributed by atoms with Crippen LogP contribution in [-0.2, 0) is 4.79 Å². The zero-order valence-corrected chi connectivity index (χ0v) is 12.4. The Kier molecular flexibility index (Phi) is 6.83. The van der Waals surface area contributed by atoms with E-state index in [1.807, 2.05) is 42.8 Å². The lowest BCUT2D eigenvalue weighted by atomic mass is 10.2. The number of amides is 1. The molecule has 0 saturated heterocycles. The third kappa shape index (κ3) is 4.70. The molecule has 0 aliphatic heterocycles. The molecule has 0 spiro atoms. The fourth-order valence-electron chi connectivity index (χ4n) is 1.70. The van der Waals surface area contributed by atoms with Crippen molar-refractivity contribution >= 4 is 42.1 Å². The standard InChI is InChI=1S/C12H16N4O.2ClH/c1-8(13)5-12(17)15-10-3-4-11-14-9(2)6-16(11)7-10;;/h3-4,6-8H,5,13H2,1-2H3,(H,15,17);2*1H. The van der Waals surface area contributed by atoms with Gasteiger partial charge in [0.05, 0.1) is 11.4 Å². The van der Waals surface area contributed by atoms with E-state index in [0.29, 0.717) is 6.42 Å². The van der Waals surface area contributed by atoms with Gasteiger partial charge in [0.15, 0.2) is 0 Å². The minimum Gasteiger partial charge on any atom is -0.327 e. The molecular formula is C12H18Cl2N4O. The highest BCUT2D eigenvalue weighted by atomic mass is 35.5. The zero-order chi connectivity index (χ0) is 12.4. The quantitative estimate of drug-likeness (QED) is 0.912. The average Bonchev–Trinajstić information content (AvgIpc) is 2.55. The zero-order valence-electron chi connectivity index (χ0n) is 10.8. The number of anilines is 1. The van der Waals surface area contributed by atoms with Crippen LogP contribution in [0, 0.1) is 6.92 Å². The first-order chi connectivity index (χ1) is 8.04. The number of nitrogens with one attached hydrogen (secondary N) is 1. The first kappa shape index (κ1) is 17.7. The van der Waals surface area contributed by atoms with Gasteiger partial charge in [0.1, 0.15) is 5.65 Å². The van der Waals surface area contributed by atoms with Crippen LogP contribution in [0.5, 0.6) is 0 Å². The van der Waals surface area contributed by atoms with Crippen molar-refractivity contribution in [3.63, 3.8) is 0 Å². The van der Waals surface area contributed by atoms with E-state index in [1.165, 1.54) is 0 Å². The highest BCUT2D eigenvalue weighted by Gasteiger charge is 2.06. The molecule has 19 heavy (non-hydrogen) atoms. The Labute approximate surface area is 124 Å². The predicted molar refractivity (Wildman–Crippen MR) is 81.3 cm³/mol. The lowest BCUT2D eigenvalue weighted by Gasteiger charge is -2.07. The van der Waals surface area contributed by atoms with E-state index in [2.05, 4.69) is 10.3 Å². The molecule has 1 atom stereocenters. The second-order valence-electron chi connectivity index (χ2n) is 4.30. The minimum absolute atomic E-state index is 0. The largest absolute Gasteiger partial charge is 0.327 e. The Hall–Kier alpha value is -1.30. The van der Waals surface area contributed by atoms with Crippen molar-refractivity contribution in [3.8, 4) is 0 Å². The van der Waals surface area contributed by atoms with Gasteiger partial charge >= 0.3 is 0 Å². The molecule has 0 aliphatic rings. The number of carbonyl (C=O) groups is 1. The second kappa shape index (κ2) is 7.33. The van der Waals surface area contributed by atoms with Gasteiger partial charge in [-0.25, -0.2) is 4.98 Å². The van der Waals surface area contributed by atoms with Gasteiger partial charge in [0.2, 0.25) is 5.91 Å². The lowest BCUT2D eigenvalue weighted by Crippen LogP contribution is -2.24. The summed E-state index contributed by atoms with van der Waals surface area (Å²) >= 11 is 0. The number of hydrogen-bond acceptors (Lipinski definition) is 3. The van der Waals surface area contributed by atoms with Gasteiger partial charge < -0.3 is 15.5 Å². The van der Waals surface area contributed by atoms with Crippen molar-refractivity contribution in [1.29, 1.82) is 0 Å². The van der Waals surface area contributed by atoms with Crippen LogP contribution in [0.2, 0.25) is 0 Å². The van der Waals surface area contributed by atoms with Crippen molar-refractivity contribution in [2.45, 2.75) is 26.3 Å². The smallest absolute Gasteiger partial charge is 0.225 e. The molecule has 0 radical (unpaired) electrons. The van der Waals surface area contributed by atoms with E-state index in [1.54, 1.807) is 0 Å². The summed E-state index contributed by atoms with van der Waals surface area (Å²) in [5.41, 5.74) is 8.13. The highest BCUT2D eigenvalue weighted by molar-refractivity contribution is 5.91. The van der Waals surface area contributed by atoms with Crippen LogP contribution in [0.1, 0.15) is 19.0 Å². The van der Waals surface area contributed by atoms with Crippen molar-refractivity contribution in [3.05, 3.63) is 30.2 Å². The van der Waals surface area contributed by atoms with Crippen LogP contribution in [0.3, 0.4) is 0 Å². The number of fused-ring (bicyclic) bond motifs is 1. The van der Waals surface area contributed by atoms with E-state index in [0.717, 1.165) is 17.0 Å². The number of hydrogen-bond donors (Lipinski definition) is 2. The minimum atomic E-state index is -0.130. The third-order valence-corrected chi connectivity index (χ3v) is 2.36. The summed E-state index contributed by atoms with van der Waals surface area (Å²) in [5, 5.41) is 2.81. The van der Waals surface area contributed by atoms with Gasteiger partial charge in [0, 0.05) is 24.9 Å². The Morgan fingerprint density at radius 3 is 2.74 bits per heavy atom. The molecule has 7 heteroatoms. The van der Waals surface area contributed by atoms with E-state index in [9.17, 15) is 4.79 Å². The van der Waals surface area contributed by atoms with E-state index < -0.39 is 0 Å². The fourth-order valence-corrected chi connectivity index (χ4v) is 1.70. The monoisotopic (exact) mass is 304 g/mol. The average molecular weight is 305 g/mol. The lowest BCUT2D eigenvalue weighted by molar-refractivity contribution is -0.116. The van der Waals surface area contributed by atoms with Crippen molar-refractivity contribution < 1.29 is 4.79 Å². The van der Waals surface area contributed by atoms with Crippen LogP contribution in [0.15, 0.2) is 24.5 Å². The van der Waals surface area contributed by atoms with Crippen LogP contribution in [-0.4, -0.2) is 21.3 Å². The number of nitrogens with two attached hydrogens (primary N) is 1. The van der Waals surface area contributed by atoms with Crippen molar-refractivity contribution in [2.75, 3.05) is 5.32 Å². The number of rotatable bonds is 3. The molecule has 2 aromatic rings. The topological polar surface area (TPSA) is 72.4 Å². The van der Waals surface area contributed by atoms with Crippen LogP contribution in [0.25, 0.3) is 5.65 Å². The number of carbonyl (C=O) groups excluding carboxylic acids is 1.